The topological polar surface area (TPSA) is 70.2 Å². The van der Waals surface area contributed by atoms with Crippen LogP contribution in [0.4, 0.5) is 0 Å². The standard InChI is InChI=1S/C20H22N2O3S/c1-14(2)22(26(24,25)18-7-5-4-6-8-18)13-17-12-16-11-15(3)9-10-19(16)21-20(17)23/h4-12,14H,13H2,1-3H3,(H,21,23). The number of aromatic amines is 1. The first-order valence-corrected chi connectivity index (χ1v) is 9.92. The Morgan fingerprint density at radius 1 is 1.04 bits per heavy atom. The molecule has 1 N–H and O–H groups in total. The molecule has 6 heteroatoms. The summed E-state index contributed by atoms with van der Waals surface area (Å²) in [7, 11) is -3.70. The first-order chi connectivity index (χ1) is 12.3. The lowest BCUT2D eigenvalue weighted by atomic mass is 10.1. The highest BCUT2D eigenvalue weighted by Gasteiger charge is 2.27. The van der Waals surface area contributed by atoms with Crippen molar-refractivity contribution in [2.75, 3.05) is 0 Å². The number of rotatable bonds is 5. The van der Waals surface area contributed by atoms with Gasteiger partial charge in [-0.3, -0.25) is 4.79 Å². The number of aryl methyl sites for hydroxylation is 1. The minimum Gasteiger partial charge on any atom is -0.322 e. The monoisotopic (exact) mass is 370 g/mol. The summed E-state index contributed by atoms with van der Waals surface area (Å²) >= 11 is 0. The molecule has 26 heavy (non-hydrogen) atoms. The van der Waals surface area contributed by atoms with Gasteiger partial charge in [-0.05, 0) is 56.5 Å². The van der Waals surface area contributed by atoms with Crippen LogP contribution in [-0.2, 0) is 16.6 Å². The zero-order valence-corrected chi connectivity index (χ0v) is 15.9. The number of aromatic nitrogens is 1. The molecule has 0 unspecified atom stereocenters. The van der Waals surface area contributed by atoms with Crippen molar-refractivity contribution < 1.29 is 8.42 Å². The summed E-state index contributed by atoms with van der Waals surface area (Å²) in [6.45, 7) is 5.61. The van der Waals surface area contributed by atoms with E-state index < -0.39 is 10.0 Å². The quantitative estimate of drug-likeness (QED) is 0.748. The van der Waals surface area contributed by atoms with Crippen molar-refractivity contribution in [3.8, 4) is 0 Å². The maximum atomic E-state index is 13.0. The number of pyridine rings is 1. The first kappa shape index (κ1) is 18.4. The SMILES string of the molecule is Cc1ccc2[nH]c(=O)c(CN(C(C)C)S(=O)(=O)c3ccccc3)cc2c1. The molecule has 0 saturated carbocycles. The van der Waals surface area contributed by atoms with Crippen molar-refractivity contribution in [1.82, 2.24) is 9.29 Å². The van der Waals surface area contributed by atoms with Crippen LogP contribution in [0.3, 0.4) is 0 Å². The molecule has 0 aliphatic heterocycles. The number of sulfonamides is 1. The molecule has 0 saturated heterocycles. The van der Waals surface area contributed by atoms with Crippen LogP contribution < -0.4 is 5.56 Å². The van der Waals surface area contributed by atoms with Gasteiger partial charge >= 0.3 is 0 Å². The summed E-state index contributed by atoms with van der Waals surface area (Å²) < 4.78 is 27.4. The number of fused-ring (bicyclic) bond motifs is 1. The molecule has 3 rings (SSSR count). The summed E-state index contributed by atoms with van der Waals surface area (Å²) in [4.78, 5) is 15.5. The van der Waals surface area contributed by atoms with E-state index in [2.05, 4.69) is 4.98 Å². The number of benzene rings is 2. The van der Waals surface area contributed by atoms with E-state index in [4.69, 9.17) is 0 Å². The molecule has 0 aliphatic rings. The van der Waals surface area contributed by atoms with Crippen LogP contribution in [0.25, 0.3) is 10.9 Å². The van der Waals surface area contributed by atoms with Gasteiger partial charge in [-0.2, -0.15) is 4.31 Å². The minimum absolute atomic E-state index is 0.0219. The third kappa shape index (κ3) is 3.57. The molecular weight excluding hydrogens is 348 g/mol. The van der Waals surface area contributed by atoms with Gasteiger partial charge < -0.3 is 4.98 Å². The maximum absolute atomic E-state index is 13.0. The second kappa shape index (κ2) is 7.05. The van der Waals surface area contributed by atoms with Gasteiger partial charge in [0, 0.05) is 23.7 Å². The summed E-state index contributed by atoms with van der Waals surface area (Å²) in [5, 5.41) is 0.889. The summed E-state index contributed by atoms with van der Waals surface area (Å²) in [6.07, 6.45) is 0. The van der Waals surface area contributed by atoms with Crippen LogP contribution >= 0.6 is 0 Å². The number of hydrogen-bond acceptors (Lipinski definition) is 3. The van der Waals surface area contributed by atoms with E-state index in [-0.39, 0.29) is 23.0 Å². The van der Waals surface area contributed by atoms with E-state index in [0.717, 1.165) is 16.5 Å². The van der Waals surface area contributed by atoms with E-state index in [1.807, 2.05) is 25.1 Å². The smallest absolute Gasteiger partial charge is 0.252 e. The third-order valence-electron chi connectivity index (χ3n) is 4.33. The molecule has 0 aliphatic carbocycles. The summed E-state index contributed by atoms with van der Waals surface area (Å²) in [5.74, 6) is 0. The number of H-pyrrole nitrogens is 1. The number of nitrogens with zero attached hydrogens (tertiary/aromatic N) is 1. The molecule has 5 nitrogen and oxygen atoms in total. The van der Waals surface area contributed by atoms with E-state index >= 15 is 0 Å². The van der Waals surface area contributed by atoms with E-state index in [0.29, 0.717) is 5.56 Å². The molecule has 3 aromatic rings. The molecule has 2 aromatic carbocycles. The van der Waals surface area contributed by atoms with Crippen molar-refractivity contribution in [2.45, 2.75) is 38.3 Å². The minimum atomic E-state index is -3.70. The van der Waals surface area contributed by atoms with Crippen LogP contribution in [0.15, 0.2) is 64.3 Å². The molecule has 136 valence electrons. The van der Waals surface area contributed by atoms with Gasteiger partial charge in [0.05, 0.1) is 4.90 Å². The molecular formula is C20H22N2O3S. The number of hydrogen-bond donors (Lipinski definition) is 1. The predicted molar refractivity (Wildman–Crippen MR) is 104 cm³/mol. The second-order valence-corrected chi connectivity index (χ2v) is 8.56. The molecule has 1 heterocycles. The zero-order valence-electron chi connectivity index (χ0n) is 15.1. The Morgan fingerprint density at radius 3 is 2.38 bits per heavy atom. The Hall–Kier alpha value is -2.44. The summed E-state index contributed by atoms with van der Waals surface area (Å²) in [5.41, 5.74) is 1.98. The van der Waals surface area contributed by atoms with Crippen LogP contribution in [0.5, 0.6) is 0 Å². The maximum Gasteiger partial charge on any atom is 0.252 e. The average molecular weight is 370 g/mol. The molecule has 0 bridgehead atoms. The van der Waals surface area contributed by atoms with Crippen molar-refractivity contribution in [2.24, 2.45) is 0 Å². The fourth-order valence-corrected chi connectivity index (χ4v) is 4.57. The van der Waals surface area contributed by atoms with Crippen molar-refractivity contribution in [1.29, 1.82) is 0 Å². The Labute approximate surface area is 153 Å². The number of nitrogens with one attached hydrogen (secondary N) is 1. The van der Waals surface area contributed by atoms with Crippen LogP contribution in [0.1, 0.15) is 25.0 Å². The molecule has 0 fully saturated rings. The van der Waals surface area contributed by atoms with Gasteiger partial charge in [-0.1, -0.05) is 29.8 Å². The highest BCUT2D eigenvalue weighted by molar-refractivity contribution is 7.89. The van der Waals surface area contributed by atoms with Crippen molar-refractivity contribution in [3.63, 3.8) is 0 Å². The van der Waals surface area contributed by atoms with Gasteiger partial charge in [0.2, 0.25) is 10.0 Å². The van der Waals surface area contributed by atoms with E-state index in [1.165, 1.54) is 4.31 Å². The second-order valence-electron chi connectivity index (χ2n) is 6.67. The van der Waals surface area contributed by atoms with Crippen LogP contribution in [0, 0.1) is 6.92 Å². The lowest BCUT2D eigenvalue weighted by Gasteiger charge is -2.25. The fourth-order valence-electron chi connectivity index (χ4n) is 2.93. The molecule has 1 aromatic heterocycles. The van der Waals surface area contributed by atoms with Gasteiger partial charge in [-0.25, -0.2) is 8.42 Å². The van der Waals surface area contributed by atoms with Crippen LogP contribution in [0.2, 0.25) is 0 Å². The Balaban J connectivity index is 2.05. The normalized spacial score (nSPS) is 12.2. The zero-order chi connectivity index (χ0) is 18.9. The van der Waals surface area contributed by atoms with Crippen molar-refractivity contribution >= 4 is 20.9 Å². The highest BCUT2D eigenvalue weighted by atomic mass is 32.2. The van der Waals surface area contributed by atoms with Gasteiger partial charge in [0.15, 0.2) is 0 Å². The molecule has 0 atom stereocenters. The Kier molecular flexibility index (Phi) is 4.98. The Morgan fingerprint density at radius 2 is 1.73 bits per heavy atom. The van der Waals surface area contributed by atoms with E-state index in [9.17, 15) is 13.2 Å². The predicted octanol–water partition coefficient (Wildman–Crippen LogP) is 3.44. The highest BCUT2D eigenvalue weighted by Crippen LogP contribution is 2.21. The largest absolute Gasteiger partial charge is 0.322 e. The van der Waals surface area contributed by atoms with E-state index in [1.54, 1.807) is 50.2 Å². The molecule has 0 amide bonds. The van der Waals surface area contributed by atoms with Gasteiger partial charge in [0.1, 0.15) is 0 Å². The van der Waals surface area contributed by atoms with Gasteiger partial charge in [-0.15, -0.1) is 0 Å². The Bertz CT molecular complexity index is 1090. The average Bonchev–Trinajstić information content (AvgIpc) is 2.60. The van der Waals surface area contributed by atoms with Gasteiger partial charge in [0.25, 0.3) is 5.56 Å². The van der Waals surface area contributed by atoms with Crippen molar-refractivity contribution in [3.05, 3.63) is 76.1 Å². The van der Waals surface area contributed by atoms with Crippen LogP contribution in [-0.4, -0.2) is 23.7 Å². The molecule has 0 spiro atoms. The third-order valence-corrected chi connectivity index (χ3v) is 6.36. The molecule has 0 radical (unpaired) electrons. The first-order valence-electron chi connectivity index (χ1n) is 8.48. The summed E-state index contributed by atoms with van der Waals surface area (Å²) in [6, 6.07) is 15.5. The lowest BCUT2D eigenvalue weighted by Crippen LogP contribution is -2.37. The fraction of sp³-hybridized carbons (Fsp3) is 0.250. The lowest BCUT2D eigenvalue weighted by molar-refractivity contribution is 0.347.